The Morgan fingerprint density at radius 2 is 1.96 bits per heavy atom. The lowest BCUT2D eigenvalue weighted by Crippen LogP contribution is -2.49. The molecule has 0 unspecified atom stereocenters. The van der Waals surface area contributed by atoms with Gasteiger partial charge in [0.1, 0.15) is 28.1 Å². The maximum absolute atomic E-state index is 13.8. The molecule has 3 heterocycles. The van der Waals surface area contributed by atoms with Crippen molar-refractivity contribution in [2.24, 2.45) is 17.8 Å². The number of benzene rings is 1. The highest BCUT2D eigenvalue weighted by Crippen LogP contribution is 2.47. The Hall–Kier alpha value is -3.99. The molecule has 0 bridgehead atoms. The molecule has 0 spiro atoms. The smallest absolute Gasteiger partial charge is 0.330 e. The number of carbonyl (C=O) groups excluding carboxylic acids is 2. The van der Waals surface area contributed by atoms with E-state index in [0.29, 0.717) is 42.6 Å². The van der Waals surface area contributed by atoms with Crippen molar-refractivity contribution in [3.8, 4) is 22.3 Å². The van der Waals surface area contributed by atoms with Gasteiger partial charge in [-0.3, -0.25) is 9.59 Å². The van der Waals surface area contributed by atoms with Gasteiger partial charge in [0.25, 0.3) is 0 Å². The Bertz CT molecular complexity index is 1680. The van der Waals surface area contributed by atoms with Crippen LogP contribution in [0.15, 0.2) is 41.8 Å². The number of hydrogen-bond acceptors (Lipinski definition) is 8. The average Bonchev–Trinajstić information content (AvgIpc) is 3.90. The zero-order valence-electron chi connectivity index (χ0n) is 25.5. The van der Waals surface area contributed by atoms with Crippen LogP contribution in [-0.4, -0.2) is 70.1 Å². The van der Waals surface area contributed by atoms with Crippen LogP contribution in [0.4, 0.5) is 0 Å². The minimum absolute atomic E-state index is 0.114. The van der Waals surface area contributed by atoms with E-state index in [4.69, 9.17) is 19.4 Å². The molecule has 11 heteroatoms. The fourth-order valence-corrected chi connectivity index (χ4v) is 7.71. The lowest BCUT2D eigenvalue weighted by atomic mass is 9.93. The Morgan fingerprint density at radius 3 is 2.73 bits per heavy atom. The van der Waals surface area contributed by atoms with Gasteiger partial charge in [0, 0.05) is 36.2 Å². The quantitative estimate of drug-likeness (QED) is 0.357. The Labute approximate surface area is 265 Å². The SMILES string of the molecule is COc1ccc2c(O[C@@H]3C[C@H]4C(=O)N[C@]5(C(=O)O)C[C@H]5C=CCCCCN(C)C(=O)[C@@H]4C3)nc(-c3nc(C4CC4)cs3)cc2c1. The van der Waals surface area contributed by atoms with Crippen LogP contribution in [-0.2, 0) is 14.4 Å². The predicted molar refractivity (Wildman–Crippen MR) is 169 cm³/mol. The minimum Gasteiger partial charge on any atom is -0.497 e. The van der Waals surface area contributed by atoms with Gasteiger partial charge < -0.3 is 24.8 Å². The highest BCUT2D eigenvalue weighted by Gasteiger charge is 2.61. The molecule has 3 aromatic rings. The maximum atomic E-state index is 13.8. The molecule has 0 radical (unpaired) electrons. The Balaban J connectivity index is 1.20. The van der Waals surface area contributed by atoms with Gasteiger partial charge in [-0.25, -0.2) is 14.8 Å². The molecule has 2 N–H and O–H groups in total. The number of amides is 2. The van der Waals surface area contributed by atoms with E-state index in [-0.39, 0.29) is 18.2 Å². The summed E-state index contributed by atoms with van der Waals surface area (Å²) in [7, 11) is 3.40. The average molecular weight is 631 g/mol. The van der Waals surface area contributed by atoms with Crippen molar-refractivity contribution in [2.45, 2.75) is 68.9 Å². The number of thiazole rings is 1. The van der Waals surface area contributed by atoms with E-state index in [1.54, 1.807) is 30.4 Å². The molecule has 0 saturated heterocycles. The second-order valence-electron chi connectivity index (χ2n) is 12.9. The minimum atomic E-state index is -1.33. The molecule has 1 aromatic carbocycles. The van der Waals surface area contributed by atoms with E-state index in [0.717, 1.165) is 53.6 Å². The molecule has 10 nitrogen and oxygen atoms in total. The molecule has 45 heavy (non-hydrogen) atoms. The number of pyridine rings is 1. The van der Waals surface area contributed by atoms with Gasteiger partial charge in [-0.2, -0.15) is 0 Å². The summed E-state index contributed by atoms with van der Waals surface area (Å²) < 4.78 is 12.1. The predicted octanol–water partition coefficient (Wildman–Crippen LogP) is 5.18. The number of aliphatic carboxylic acids is 1. The summed E-state index contributed by atoms with van der Waals surface area (Å²) in [6, 6.07) is 7.69. The molecule has 7 rings (SSSR count). The van der Waals surface area contributed by atoms with Crippen molar-refractivity contribution in [3.63, 3.8) is 0 Å². The van der Waals surface area contributed by atoms with Crippen molar-refractivity contribution in [2.75, 3.05) is 20.7 Å². The summed E-state index contributed by atoms with van der Waals surface area (Å²) in [4.78, 5) is 51.3. The van der Waals surface area contributed by atoms with Crippen LogP contribution in [0.1, 0.15) is 63.0 Å². The largest absolute Gasteiger partial charge is 0.497 e. The van der Waals surface area contributed by atoms with Gasteiger partial charge in [0.2, 0.25) is 17.7 Å². The molecule has 4 aliphatic rings. The zero-order valence-corrected chi connectivity index (χ0v) is 26.3. The number of carboxylic acid groups (broad SMARTS) is 1. The summed E-state index contributed by atoms with van der Waals surface area (Å²) in [5, 5.41) is 17.5. The number of nitrogens with one attached hydrogen (secondary N) is 1. The van der Waals surface area contributed by atoms with Crippen molar-refractivity contribution in [1.82, 2.24) is 20.2 Å². The number of aromatic nitrogens is 2. The number of ether oxygens (including phenoxy) is 2. The van der Waals surface area contributed by atoms with Gasteiger partial charge in [-0.05, 0) is 81.0 Å². The number of nitrogens with zero attached hydrogens (tertiary/aromatic N) is 3. The van der Waals surface area contributed by atoms with Crippen LogP contribution in [0.2, 0.25) is 0 Å². The molecule has 5 atom stereocenters. The van der Waals surface area contributed by atoms with Gasteiger partial charge in [-0.1, -0.05) is 12.2 Å². The second-order valence-corrected chi connectivity index (χ2v) is 13.8. The molecule has 236 valence electrons. The normalized spacial score (nSPS) is 28.6. The highest BCUT2D eigenvalue weighted by atomic mass is 32.1. The third-order valence-electron chi connectivity index (χ3n) is 9.79. The summed E-state index contributed by atoms with van der Waals surface area (Å²) in [5.74, 6) is -1.51. The summed E-state index contributed by atoms with van der Waals surface area (Å²) in [5.41, 5.74) is 0.473. The first-order valence-electron chi connectivity index (χ1n) is 15.8. The van der Waals surface area contributed by atoms with Crippen LogP contribution >= 0.6 is 11.3 Å². The third kappa shape index (κ3) is 5.78. The van der Waals surface area contributed by atoms with E-state index in [1.807, 2.05) is 36.4 Å². The van der Waals surface area contributed by atoms with Gasteiger partial charge in [0.05, 0.1) is 24.6 Å². The van der Waals surface area contributed by atoms with E-state index in [9.17, 15) is 19.5 Å². The van der Waals surface area contributed by atoms with Crippen molar-refractivity contribution in [1.29, 1.82) is 0 Å². The molecule has 3 aliphatic carbocycles. The Kier molecular flexibility index (Phi) is 7.75. The van der Waals surface area contributed by atoms with E-state index < -0.39 is 35.4 Å². The fraction of sp³-hybridized carbons (Fsp3) is 0.500. The number of rotatable bonds is 6. The monoisotopic (exact) mass is 630 g/mol. The number of fused-ring (bicyclic) bond motifs is 3. The third-order valence-corrected chi connectivity index (χ3v) is 10.7. The van der Waals surface area contributed by atoms with Crippen LogP contribution in [0.5, 0.6) is 11.6 Å². The molecule has 1 aliphatic heterocycles. The fourth-order valence-electron chi connectivity index (χ4n) is 6.85. The first-order valence-corrected chi connectivity index (χ1v) is 16.7. The summed E-state index contributed by atoms with van der Waals surface area (Å²) >= 11 is 1.56. The number of hydrogen-bond donors (Lipinski definition) is 2. The van der Waals surface area contributed by atoms with Crippen LogP contribution < -0.4 is 14.8 Å². The zero-order chi connectivity index (χ0) is 31.3. The number of allylic oxidation sites excluding steroid dienone is 1. The maximum Gasteiger partial charge on any atom is 0.330 e. The molecule has 3 fully saturated rings. The number of carboxylic acids is 1. The van der Waals surface area contributed by atoms with Crippen molar-refractivity contribution < 1.29 is 29.0 Å². The van der Waals surface area contributed by atoms with Crippen molar-refractivity contribution in [3.05, 3.63) is 47.5 Å². The van der Waals surface area contributed by atoms with E-state index in [1.165, 1.54) is 0 Å². The lowest BCUT2D eigenvalue weighted by Gasteiger charge is -2.26. The Morgan fingerprint density at radius 1 is 1.13 bits per heavy atom. The second kappa shape index (κ2) is 11.7. The molecular weight excluding hydrogens is 592 g/mol. The molecule has 2 aromatic heterocycles. The standard InChI is InChI=1S/C34H38N4O6S/c1-38-12-6-4-3-5-7-21-17-34(21,33(41)42)37-29(39)25-15-23(16-26(25)32(38)40)44-30-24-11-10-22(43-2)13-20(24)14-27(35-30)31-36-28(18-45-31)19-8-9-19/h5,7,10-11,13-14,18-19,21,23,25-26H,3-4,6,8-9,12,15-17H2,1-2H3,(H,37,39)(H,41,42)/t21-,23-,25-,26-,34-/m1/s1. The van der Waals surface area contributed by atoms with E-state index in [2.05, 4.69) is 10.7 Å². The molecule has 3 saturated carbocycles. The van der Waals surface area contributed by atoms with Gasteiger partial charge >= 0.3 is 5.97 Å². The highest BCUT2D eigenvalue weighted by molar-refractivity contribution is 7.13. The topological polar surface area (TPSA) is 131 Å². The van der Waals surface area contributed by atoms with E-state index >= 15 is 0 Å². The lowest BCUT2D eigenvalue weighted by molar-refractivity contribution is -0.145. The van der Waals surface area contributed by atoms with Crippen molar-refractivity contribution >= 4 is 39.9 Å². The number of methoxy groups -OCH3 is 1. The number of carbonyl (C=O) groups is 3. The van der Waals surface area contributed by atoms with Crippen LogP contribution in [0, 0.1) is 17.8 Å². The van der Waals surface area contributed by atoms with Gasteiger partial charge in [-0.15, -0.1) is 11.3 Å². The molecular formula is C34H38N4O6S. The first-order chi connectivity index (χ1) is 21.8. The van der Waals surface area contributed by atoms with Gasteiger partial charge in [0.15, 0.2) is 0 Å². The first kappa shape index (κ1) is 29.7. The summed E-state index contributed by atoms with van der Waals surface area (Å²) in [6.45, 7) is 0.595. The van der Waals surface area contributed by atoms with Crippen LogP contribution in [0.25, 0.3) is 21.5 Å². The van der Waals surface area contributed by atoms with Crippen LogP contribution in [0.3, 0.4) is 0 Å². The summed E-state index contributed by atoms with van der Waals surface area (Å²) in [6.07, 6.45) is 9.26. The molecule has 2 amide bonds.